The van der Waals surface area contributed by atoms with Crippen LogP contribution < -0.4 is 11.1 Å². The molecule has 0 aliphatic heterocycles. The molecule has 0 fully saturated rings. The Bertz CT molecular complexity index is 572. The van der Waals surface area contributed by atoms with Gasteiger partial charge >= 0.3 is 0 Å². The minimum Gasteiger partial charge on any atom is -0.397 e. The summed E-state index contributed by atoms with van der Waals surface area (Å²) in [4.78, 5) is 15.8. The standard InChI is InChI=1S/C13H12BrN3O/c14-11-4-2-1-3-9(11)7-17-13(18)10-5-6-16-8-12(10)15/h1-6,8H,7,15H2,(H,17,18). The summed E-state index contributed by atoms with van der Waals surface area (Å²) in [6.45, 7) is 0.446. The zero-order chi connectivity index (χ0) is 13.0. The van der Waals surface area contributed by atoms with Crippen LogP contribution in [0, 0.1) is 0 Å². The minimum atomic E-state index is -0.203. The fraction of sp³-hybridized carbons (Fsp3) is 0.0769. The van der Waals surface area contributed by atoms with Crippen LogP contribution in [0.2, 0.25) is 0 Å². The first-order valence-electron chi connectivity index (χ1n) is 5.39. The first-order valence-corrected chi connectivity index (χ1v) is 6.19. The Kier molecular flexibility index (Phi) is 3.94. The number of aromatic nitrogens is 1. The Morgan fingerprint density at radius 2 is 2.11 bits per heavy atom. The number of nitrogens with two attached hydrogens (primary N) is 1. The molecular formula is C13H12BrN3O. The first kappa shape index (κ1) is 12.6. The number of halogens is 1. The number of rotatable bonds is 3. The second-order valence-corrected chi connectivity index (χ2v) is 4.59. The molecule has 1 amide bonds. The molecular weight excluding hydrogens is 294 g/mol. The maximum atomic E-state index is 11.9. The van der Waals surface area contributed by atoms with E-state index in [4.69, 9.17) is 5.73 Å². The molecule has 0 aliphatic rings. The fourth-order valence-electron chi connectivity index (χ4n) is 1.53. The average molecular weight is 306 g/mol. The maximum absolute atomic E-state index is 11.9. The van der Waals surface area contributed by atoms with Crippen molar-refractivity contribution in [3.05, 3.63) is 58.3 Å². The summed E-state index contributed by atoms with van der Waals surface area (Å²) >= 11 is 3.43. The Labute approximate surface area is 113 Å². The smallest absolute Gasteiger partial charge is 0.253 e. The van der Waals surface area contributed by atoms with Crippen molar-refractivity contribution in [2.24, 2.45) is 0 Å². The molecule has 0 saturated carbocycles. The molecule has 4 nitrogen and oxygen atoms in total. The number of benzene rings is 1. The number of pyridine rings is 1. The van der Waals surface area contributed by atoms with Gasteiger partial charge in [-0.2, -0.15) is 0 Å². The quantitative estimate of drug-likeness (QED) is 0.914. The van der Waals surface area contributed by atoms with Crippen LogP contribution in [0.15, 0.2) is 47.2 Å². The third kappa shape index (κ3) is 2.87. The number of hydrogen-bond donors (Lipinski definition) is 2. The van der Waals surface area contributed by atoms with Crippen molar-refractivity contribution >= 4 is 27.5 Å². The molecule has 2 aromatic rings. The van der Waals surface area contributed by atoms with E-state index in [0.717, 1.165) is 10.0 Å². The van der Waals surface area contributed by atoms with Crippen molar-refractivity contribution < 1.29 is 4.79 Å². The van der Waals surface area contributed by atoms with Crippen molar-refractivity contribution in [1.29, 1.82) is 0 Å². The van der Waals surface area contributed by atoms with Gasteiger partial charge in [0.05, 0.1) is 17.4 Å². The second kappa shape index (κ2) is 5.64. The highest BCUT2D eigenvalue weighted by Gasteiger charge is 2.09. The molecule has 0 atom stereocenters. The van der Waals surface area contributed by atoms with E-state index in [1.165, 1.54) is 6.20 Å². The Hall–Kier alpha value is -1.88. The van der Waals surface area contributed by atoms with Gasteiger partial charge in [0.1, 0.15) is 0 Å². The minimum absolute atomic E-state index is 0.203. The van der Waals surface area contributed by atoms with Crippen LogP contribution in [-0.2, 0) is 6.54 Å². The third-order valence-corrected chi connectivity index (χ3v) is 3.27. The van der Waals surface area contributed by atoms with Gasteiger partial charge in [0, 0.05) is 17.2 Å². The van der Waals surface area contributed by atoms with E-state index in [-0.39, 0.29) is 5.91 Å². The number of amides is 1. The van der Waals surface area contributed by atoms with E-state index in [0.29, 0.717) is 17.8 Å². The molecule has 3 N–H and O–H groups in total. The molecule has 1 aromatic heterocycles. The Balaban J connectivity index is 2.06. The third-order valence-electron chi connectivity index (χ3n) is 2.49. The number of nitrogens with zero attached hydrogens (tertiary/aromatic N) is 1. The monoisotopic (exact) mass is 305 g/mol. The van der Waals surface area contributed by atoms with Crippen LogP contribution in [0.3, 0.4) is 0 Å². The van der Waals surface area contributed by atoms with Gasteiger partial charge in [-0.1, -0.05) is 34.1 Å². The molecule has 1 aromatic carbocycles. The van der Waals surface area contributed by atoms with Gasteiger partial charge in [-0.05, 0) is 17.7 Å². The summed E-state index contributed by atoms with van der Waals surface area (Å²) in [7, 11) is 0. The number of nitrogen functional groups attached to an aromatic ring is 1. The first-order chi connectivity index (χ1) is 8.68. The number of anilines is 1. The van der Waals surface area contributed by atoms with Crippen LogP contribution >= 0.6 is 15.9 Å². The van der Waals surface area contributed by atoms with E-state index in [1.54, 1.807) is 12.3 Å². The number of carbonyl (C=O) groups is 1. The molecule has 2 rings (SSSR count). The fourth-order valence-corrected chi connectivity index (χ4v) is 1.95. The van der Waals surface area contributed by atoms with Crippen molar-refractivity contribution in [3.63, 3.8) is 0 Å². The van der Waals surface area contributed by atoms with E-state index in [9.17, 15) is 4.79 Å². The molecule has 5 heteroatoms. The summed E-state index contributed by atoms with van der Waals surface area (Å²) in [6.07, 6.45) is 3.01. The predicted molar refractivity (Wildman–Crippen MR) is 74.0 cm³/mol. The van der Waals surface area contributed by atoms with Crippen molar-refractivity contribution in [2.45, 2.75) is 6.54 Å². The van der Waals surface area contributed by atoms with Gasteiger partial charge in [0.25, 0.3) is 5.91 Å². The lowest BCUT2D eigenvalue weighted by atomic mass is 10.2. The molecule has 0 saturated heterocycles. The molecule has 0 aliphatic carbocycles. The summed E-state index contributed by atoms with van der Waals surface area (Å²) in [6, 6.07) is 9.33. The van der Waals surface area contributed by atoms with Crippen LogP contribution in [-0.4, -0.2) is 10.9 Å². The van der Waals surface area contributed by atoms with Gasteiger partial charge in [0.2, 0.25) is 0 Å². The zero-order valence-electron chi connectivity index (χ0n) is 9.56. The largest absolute Gasteiger partial charge is 0.397 e. The van der Waals surface area contributed by atoms with E-state index < -0.39 is 0 Å². The van der Waals surface area contributed by atoms with Crippen molar-refractivity contribution in [3.8, 4) is 0 Å². The lowest BCUT2D eigenvalue weighted by molar-refractivity contribution is 0.0951. The summed E-state index contributed by atoms with van der Waals surface area (Å²) in [5.74, 6) is -0.203. The van der Waals surface area contributed by atoms with Gasteiger partial charge in [0.15, 0.2) is 0 Å². The van der Waals surface area contributed by atoms with Crippen LogP contribution in [0.4, 0.5) is 5.69 Å². The van der Waals surface area contributed by atoms with E-state index in [1.807, 2.05) is 24.3 Å². The molecule has 1 heterocycles. The Morgan fingerprint density at radius 1 is 1.33 bits per heavy atom. The predicted octanol–water partition coefficient (Wildman–Crippen LogP) is 2.36. The highest BCUT2D eigenvalue weighted by atomic mass is 79.9. The van der Waals surface area contributed by atoms with Gasteiger partial charge in [-0.15, -0.1) is 0 Å². The molecule has 18 heavy (non-hydrogen) atoms. The highest BCUT2D eigenvalue weighted by molar-refractivity contribution is 9.10. The number of hydrogen-bond acceptors (Lipinski definition) is 3. The van der Waals surface area contributed by atoms with Crippen molar-refractivity contribution in [1.82, 2.24) is 10.3 Å². The van der Waals surface area contributed by atoms with Crippen LogP contribution in [0.5, 0.6) is 0 Å². The molecule has 0 spiro atoms. The number of nitrogens with one attached hydrogen (secondary N) is 1. The van der Waals surface area contributed by atoms with Gasteiger partial charge < -0.3 is 11.1 Å². The zero-order valence-corrected chi connectivity index (χ0v) is 11.1. The SMILES string of the molecule is Nc1cnccc1C(=O)NCc1ccccc1Br. The molecule has 0 unspecified atom stereocenters. The molecule has 92 valence electrons. The van der Waals surface area contributed by atoms with E-state index >= 15 is 0 Å². The summed E-state index contributed by atoms with van der Waals surface area (Å²) < 4.78 is 0.966. The summed E-state index contributed by atoms with van der Waals surface area (Å²) in [5, 5.41) is 2.82. The van der Waals surface area contributed by atoms with Crippen LogP contribution in [0.25, 0.3) is 0 Å². The average Bonchev–Trinajstić information content (AvgIpc) is 2.38. The summed E-state index contributed by atoms with van der Waals surface area (Å²) in [5.41, 5.74) is 7.52. The highest BCUT2D eigenvalue weighted by Crippen LogP contribution is 2.16. The van der Waals surface area contributed by atoms with Gasteiger partial charge in [-0.25, -0.2) is 0 Å². The van der Waals surface area contributed by atoms with Gasteiger partial charge in [-0.3, -0.25) is 9.78 Å². The normalized spacial score (nSPS) is 10.1. The Morgan fingerprint density at radius 3 is 2.83 bits per heavy atom. The molecule has 0 radical (unpaired) electrons. The lowest BCUT2D eigenvalue weighted by Gasteiger charge is -2.08. The van der Waals surface area contributed by atoms with Crippen LogP contribution in [0.1, 0.15) is 15.9 Å². The number of carbonyl (C=O) groups excluding carboxylic acids is 1. The second-order valence-electron chi connectivity index (χ2n) is 3.74. The topological polar surface area (TPSA) is 68.0 Å². The maximum Gasteiger partial charge on any atom is 0.253 e. The lowest BCUT2D eigenvalue weighted by Crippen LogP contribution is -2.24. The van der Waals surface area contributed by atoms with Crippen molar-refractivity contribution in [2.75, 3.05) is 5.73 Å². The van der Waals surface area contributed by atoms with E-state index in [2.05, 4.69) is 26.2 Å². The molecule has 0 bridgehead atoms.